The zero-order valence-electron chi connectivity index (χ0n) is 24.6. The number of piperidine rings is 1. The van der Waals surface area contributed by atoms with Crippen molar-refractivity contribution >= 4 is 41.4 Å². The molecule has 0 saturated carbocycles. The van der Waals surface area contributed by atoms with E-state index in [1.54, 1.807) is 24.0 Å². The van der Waals surface area contributed by atoms with Gasteiger partial charge >= 0.3 is 18.0 Å². The zero-order chi connectivity index (χ0) is 30.6. The van der Waals surface area contributed by atoms with Crippen LogP contribution in [0.4, 0.5) is 10.5 Å². The number of hydrogen-bond donors (Lipinski definition) is 2. The van der Waals surface area contributed by atoms with Gasteiger partial charge in [0.2, 0.25) is 5.91 Å². The van der Waals surface area contributed by atoms with Crippen molar-refractivity contribution in [3.05, 3.63) is 60.2 Å². The molecule has 11 heteroatoms. The highest BCUT2D eigenvalue weighted by molar-refractivity contribution is 7.99. The molecule has 2 aromatic carbocycles. The minimum absolute atomic E-state index is 0.229. The van der Waals surface area contributed by atoms with Crippen LogP contribution >= 0.6 is 11.8 Å². The molecular weight excluding hydrogens is 570 g/mol. The molecule has 43 heavy (non-hydrogen) atoms. The maximum absolute atomic E-state index is 13.5. The molecule has 2 atom stereocenters. The second-order valence-corrected chi connectivity index (χ2v) is 11.9. The Morgan fingerprint density at radius 2 is 1.74 bits per heavy atom. The van der Waals surface area contributed by atoms with Crippen molar-refractivity contribution in [2.75, 3.05) is 36.9 Å². The first kappa shape index (κ1) is 32.3. The highest BCUT2D eigenvalue weighted by Crippen LogP contribution is 2.34. The Morgan fingerprint density at radius 1 is 1.02 bits per heavy atom. The summed E-state index contributed by atoms with van der Waals surface area (Å²) in [4.78, 5) is 54.3. The Bertz CT molecular complexity index is 1240. The molecule has 0 bridgehead atoms. The van der Waals surface area contributed by atoms with Gasteiger partial charge in [0.1, 0.15) is 19.2 Å². The molecule has 2 aliphatic rings. The molecule has 2 amide bonds. The number of likely N-dealkylation sites (tertiary alicyclic amines) is 1. The van der Waals surface area contributed by atoms with Crippen LogP contribution in [-0.2, 0) is 30.5 Å². The number of nitrogens with zero attached hydrogens (tertiary/aromatic N) is 2. The maximum Gasteiger partial charge on any atom is 0.410 e. The lowest BCUT2D eigenvalue weighted by molar-refractivity contribution is -0.146. The van der Waals surface area contributed by atoms with E-state index in [1.807, 2.05) is 42.5 Å². The number of nitrogens with one attached hydrogen (secondary N) is 1. The van der Waals surface area contributed by atoms with Gasteiger partial charge in [-0.25, -0.2) is 4.79 Å². The van der Waals surface area contributed by atoms with Crippen molar-refractivity contribution in [1.29, 1.82) is 0 Å². The van der Waals surface area contributed by atoms with Crippen LogP contribution in [0, 0.1) is 5.92 Å². The van der Waals surface area contributed by atoms with Gasteiger partial charge < -0.3 is 19.5 Å². The predicted molar refractivity (Wildman–Crippen MR) is 164 cm³/mol. The Morgan fingerprint density at radius 3 is 2.47 bits per heavy atom. The van der Waals surface area contributed by atoms with Gasteiger partial charge in [-0.2, -0.15) is 0 Å². The van der Waals surface area contributed by atoms with Crippen LogP contribution in [0.2, 0.25) is 0 Å². The summed E-state index contributed by atoms with van der Waals surface area (Å²) in [6.07, 6.45) is 4.71. The van der Waals surface area contributed by atoms with E-state index in [4.69, 9.17) is 9.47 Å². The minimum Gasteiger partial charge on any atom is -0.480 e. The second-order valence-electron chi connectivity index (χ2n) is 10.9. The van der Waals surface area contributed by atoms with Crippen LogP contribution < -0.4 is 10.2 Å². The molecule has 0 unspecified atom stereocenters. The minimum atomic E-state index is -1.11. The number of benzene rings is 2. The lowest BCUT2D eigenvalue weighted by atomic mass is 9.91. The van der Waals surface area contributed by atoms with E-state index in [0.717, 1.165) is 42.6 Å². The molecule has 1 saturated heterocycles. The van der Waals surface area contributed by atoms with Gasteiger partial charge in [0.15, 0.2) is 0 Å². The molecule has 4 rings (SSSR count). The third-order valence-corrected chi connectivity index (χ3v) is 8.98. The van der Waals surface area contributed by atoms with Gasteiger partial charge in [-0.3, -0.25) is 24.6 Å². The van der Waals surface area contributed by atoms with Crippen LogP contribution in [0.1, 0.15) is 51.0 Å². The van der Waals surface area contributed by atoms with Gasteiger partial charge in [-0.1, -0.05) is 61.7 Å². The topological polar surface area (TPSA) is 125 Å². The molecule has 232 valence electrons. The number of carboxylic acids is 1. The van der Waals surface area contributed by atoms with Gasteiger partial charge in [0, 0.05) is 23.7 Å². The quantitative estimate of drug-likeness (QED) is 0.245. The van der Waals surface area contributed by atoms with Crippen molar-refractivity contribution in [2.24, 2.45) is 5.92 Å². The Kier molecular flexibility index (Phi) is 12.3. The smallest absolute Gasteiger partial charge is 0.410 e. The van der Waals surface area contributed by atoms with Crippen molar-refractivity contribution in [3.8, 4) is 0 Å². The normalized spacial score (nSPS) is 18.0. The molecule has 2 heterocycles. The number of thioether (sulfide) groups is 1. The molecule has 2 aromatic rings. The van der Waals surface area contributed by atoms with Crippen LogP contribution in [0.15, 0.2) is 59.5 Å². The summed E-state index contributed by atoms with van der Waals surface area (Å²) >= 11 is 1.46. The summed E-state index contributed by atoms with van der Waals surface area (Å²) in [7, 11) is 0. The average molecular weight is 612 g/mol. The van der Waals surface area contributed by atoms with Gasteiger partial charge in [0.25, 0.3) is 0 Å². The van der Waals surface area contributed by atoms with Crippen LogP contribution in [-0.4, -0.2) is 78.0 Å². The number of para-hydroxylation sites is 1. The van der Waals surface area contributed by atoms with E-state index in [9.17, 15) is 24.3 Å². The molecule has 0 aliphatic carbocycles. The first-order chi connectivity index (χ1) is 20.9. The molecule has 0 aromatic heterocycles. The number of esters is 1. The van der Waals surface area contributed by atoms with Gasteiger partial charge in [-0.15, -0.1) is 11.8 Å². The van der Waals surface area contributed by atoms with Crippen molar-refractivity contribution < 1.29 is 33.8 Å². The number of ether oxygens (including phenoxy) is 2. The highest BCUT2D eigenvalue weighted by atomic mass is 32.2. The molecule has 2 aliphatic heterocycles. The number of carbonyl (C=O) groups is 4. The fourth-order valence-electron chi connectivity index (χ4n) is 5.52. The second kappa shape index (κ2) is 16.3. The Balaban J connectivity index is 1.25. The third-order valence-electron chi connectivity index (χ3n) is 7.83. The van der Waals surface area contributed by atoms with Crippen LogP contribution in [0.3, 0.4) is 0 Å². The molecule has 2 N–H and O–H groups in total. The van der Waals surface area contributed by atoms with E-state index < -0.39 is 30.6 Å². The molecule has 1 fully saturated rings. The number of carbonyl (C=O) groups excluding carboxylic acids is 3. The number of anilines is 1. The summed E-state index contributed by atoms with van der Waals surface area (Å²) in [5.41, 5.74) is 1.53. The monoisotopic (exact) mass is 611 g/mol. The summed E-state index contributed by atoms with van der Waals surface area (Å²) in [6, 6.07) is 15.5. The van der Waals surface area contributed by atoms with Crippen molar-refractivity contribution in [2.45, 2.75) is 69.0 Å². The van der Waals surface area contributed by atoms with Crippen LogP contribution in [0.25, 0.3) is 0 Å². The summed E-state index contributed by atoms with van der Waals surface area (Å²) < 4.78 is 10.8. The SMILES string of the molecule is CCOC(=O)[C@H](CCCCC1CCN(C(=O)OCc2ccccc2)CC1)N[C@H]1CSc2ccccc2N(CC(=O)O)C1=O. The van der Waals surface area contributed by atoms with Crippen LogP contribution in [0.5, 0.6) is 0 Å². The number of amides is 2. The number of rotatable bonds is 13. The summed E-state index contributed by atoms with van der Waals surface area (Å²) in [5.74, 6) is -1.02. The van der Waals surface area contributed by atoms with Gasteiger partial charge in [-0.05, 0) is 49.8 Å². The van der Waals surface area contributed by atoms with Gasteiger partial charge in [0.05, 0.1) is 18.3 Å². The van der Waals surface area contributed by atoms with E-state index in [1.165, 1.54) is 16.7 Å². The van der Waals surface area contributed by atoms with Crippen molar-refractivity contribution in [3.63, 3.8) is 0 Å². The first-order valence-electron chi connectivity index (χ1n) is 15.0. The largest absolute Gasteiger partial charge is 0.480 e. The lowest BCUT2D eigenvalue weighted by Crippen LogP contribution is -2.54. The van der Waals surface area contributed by atoms with E-state index in [0.29, 0.717) is 36.9 Å². The Hall–Kier alpha value is -3.57. The third kappa shape index (κ3) is 9.46. The molecule has 0 radical (unpaired) electrons. The predicted octanol–water partition coefficient (Wildman–Crippen LogP) is 4.71. The van der Waals surface area contributed by atoms with E-state index in [-0.39, 0.29) is 25.2 Å². The van der Waals surface area contributed by atoms with E-state index in [2.05, 4.69) is 5.32 Å². The lowest BCUT2D eigenvalue weighted by Gasteiger charge is -2.31. The number of fused-ring (bicyclic) bond motifs is 1. The molecule has 0 spiro atoms. The molecule has 10 nitrogen and oxygen atoms in total. The van der Waals surface area contributed by atoms with E-state index >= 15 is 0 Å². The maximum atomic E-state index is 13.5. The zero-order valence-corrected chi connectivity index (χ0v) is 25.4. The number of hydrogen-bond acceptors (Lipinski definition) is 8. The number of unbranched alkanes of at least 4 members (excludes halogenated alkanes) is 1. The van der Waals surface area contributed by atoms with Crippen molar-refractivity contribution in [1.82, 2.24) is 10.2 Å². The fraction of sp³-hybridized carbons (Fsp3) is 0.500. The highest BCUT2D eigenvalue weighted by Gasteiger charge is 2.35. The fourth-order valence-corrected chi connectivity index (χ4v) is 6.61. The summed E-state index contributed by atoms with van der Waals surface area (Å²) in [6.45, 7) is 3.13. The average Bonchev–Trinajstić information content (AvgIpc) is 3.14. The first-order valence-corrected chi connectivity index (χ1v) is 16.0. The molecular formula is C32H41N3O7S. The summed E-state index contributed by atoms with van der Waals surface area (Å²) in [5, 5.41) is 12.7. The number of aliphatic carboxylic acids is 1. The Labute approximate surface area is 257 Å². The number of carboxylic acid groups (broad SMARTS) is 1. The standard InChI is InChI=1S/C32H41N3O7S/c1-2-41-31(39)25(33-26-22-43-28-15-9-8-14-27(28)35(30(26)38)20-29(36)37)13-7-6-10-23-16-18-34(19-17-23)32(40)42-21-24-11-4-3-5-12-24/h3-5,8-9,11-12,14-15,23,25-26,33H,2,6-7,10,13,16-22H2,1H3,(H,36,37)/t25-,26-/m0/s1.